The summed E-state index contributed by atoms with van der Waals surface area (Å²) in [4.78, 5) is 22.1. The van der Waals surface area contributed by atoms with Crippen LogP contribution in [-0.2, 0) is 0 Å². The van der Waals surface area contributed by atoms with Crippen molar-refractivity contribution < 1.29 is 9.59 Å². The van der Waals surface area contributed by atoms with Gasteiger partial charge in [-0.1, -0.05) is 11.6 Å². The zero-order valence-electron chi connectivity index (χ0n) is 8.00. The Kier molecular flexibility index (Phi) is 3.93. The van der Waals surface area contributed by atoms with Crippen molar-refractivity contribution in [1.29, 1.82) is 0 Å². The van der Waals surface area contributed by atoms with Crippen molar-refractivity contribution in [2.45, 2.75) is 0 Å². The molecule has 15 heavy (non-hydrogen) atoms. The lowest BCUT2D eigenvalue weighted by molar-refractivity contribution is 0.0936. The Hall–Kier alpha value is -1.75. The van der Waals surface area contributed by atoms with Crippen molar-refractivity contribution in [2.75, 3.05) is 7.05 Å². The number of carbonyl (C=O) groups excluding carboxylic acids is 2. The van der Waals surface area contributed by atoms with Crippen LogP contribution in [0.4, 0.5) is 4.79 Å². The van der Waals surface area contributed by atoms with Gasteiger partial charge in [0.25, 0.3) is 5.91 Å². The van der Waals surface area contributed by atoms with Crippen molar-refractivity contribution in [3.05, 3.63) is 34.9 Å². The molecule has 0 aliphatic rings. The summed E-state index contributed by atoms with van der Waals surface area (Å²) < 4.78 is 0. The number of hydrogen-bond acceptors (Lipinski definition) is 2. The van der Waals surface area contributed by atoms with Gasteiger partial charge in [-0.15, -0.1) is 0 Å². The van der Waals surface area contributed by atoms with Crippen molar-refractivity contribution >= 4 is 23.5 Å². The van der Waals surface area contributed by atoms with E-state index in [0.717, 1.165) is 0 Å². The zero-order chi connectivity index (χ0) is 11.3. The van der Waals surface area contributed by atoms with Gasteiger partial charge in [0, 0.05) is 17.6 Å². The molecule has 3 N–H and O–H groups in total. The minimum absolute atomic E-state index is 0.407. The van der Waals surface area contributed by atoms with Crippen LogP contribution in [0.1, 0.15) is 10.4 Å². The van der Waals surface area contributed by atoms with Gasteiger partial charge in [-0.05, 0) is 24.3 Å². The van der Waals surface area contributed by atoms with E-state index in [9.17, 15) is 9.59 Å². The number of nitrogens with one attached hydrogen (secondary N) is 3. The molecule has 0 unspecified atom stereocenters. The maximum atomic E-state index is 11.4. The first-order chi connectivity index (χ1) is 7.13. The molecule has 0 aliphatic heterocycles. The SMILES string of the molecule is CNC(=O)NNC(=O)c1ccc(Cl)cc1. The number of hydrogen-bond donors (Lipinski definition) is 3. The fourth-order valence-corrected chi connectivity index (χ4v) is 0.975. The maximum absolute atomic E-state index is 11.4. The summed E-state index contributed by atoms with van der Waals surface area (Å²) in [5.74, 6) is -0.407. The lowest BCUT2D eigenvalue weighted by Gasteiger charge is -2.06. The number of amides is 3. The minimum Gasteiger partial charge on any atom is -0.340 e. The first kappa shape index (κ1) is 11.3. The second kappa shape index (κ2) is 5.21. The van der Waals surface area contributed by atoms with Crippen LogP contribution in [0.15, 0.2) is 24.3 Å². The molecule has 1 aromatic carbocycles. The van der Waals surface area contributed by atoms with Gasteiger partial charge < -0.3 is 5.32 Å². The molecule has 0 saturated carbocycles. The highest BCUT2D eigenvalue weighted by atomic mass is 35.5. The molecule has 0 fully saturated rings. The summed E-state index contributed by atoms with van der Waals surface area (Å²) in [6.07, 6.45) is 0. The van der Waals surface area contributed by atoms with Gasteiger partial charge in [0.1, 0.15) is 0 Å². The van der Waals surface area contributed by atoms with E-state index in [1.54, 1.807) is 24.3 Å². The molecule has 0 saturated heterocycles. The molecule has 0 atom stereocenters. The number of carbonyl (C=O) groups is 2. The summed E-state index contributed by atoms with van der Waals surface area (Å²) in [6.45, 7) is 0. The van der Waals surface area contributed by atoms with E-state index in [-0.39, 0.29) is 0 Å². The summed E-state index contributed by atoms with van der Waals surface area (Å²) in [7, 11) is 1.45. The van der Waals surface area contributed by atoms with Crippen LogP contribution in [0.5, 0.6) is 0 Å². The molecule has 5 nitrogen and oxygen atoms in total. The van der Waals surface area contributed by atoms with Crippen molar-refractivity contribution in [3.63, 3.8) is 0 Å². The van der Waals surface area contributed by atoms with Gasteiger partial charge in [0.15, 0.2) is 0 Å². The molecule has 1 rings (SSSR count). The van der Waals surface area contributed by atoms with Crippen LogP contribution in [0, 0.1) is 0 Å². The largest absolute Gasteiger partial charge is 0.340 e. The van der Waals surface area contributed by atoms with Gasteiger partial charge in [-0.25, -0.2) is 10.2 Å². The molecule has 0 radical (unpaired) electrons. The maximum Gasteiger partial charge on any atom is 0.333 e. The molecule has 0 bridgehead atoms. The molecular weight excluding hydrogens is 218 g/mol. The van der Waals surface area contributed by atoms with E-state index in [1.807, 2.05) is 0 Å². The predicted octanol–water partition coefficient (Wildman–Crippen LogP) is 0.914. The molecule has 0 aromatic heterocycles. The second-order valence-electron chi connectivity index (χ2n) is 2.67. The average molecular weight is 228 g/mol. The first-order valence-electron chi connectivity index (χ1n) is 4.17. The molecule has 80 valence electrons. The Morgan fingerprint density at radius 3 is 2.27 bits per heavy atom. The third-order valence-electron chi connectivity index (χ3n) is 1.62. The topological polar surface area (TPSA) is 70.2 Å². The smallest absolute Gasteiger partial charge is 0.333 e. The van der Waals surface area contributed by atoms with Gasteiger partial charge in [-0.2, -0.15) is 0 Å². The lowest BCUT2D eigenvalue weighted by Crippen LogP contribution is -2.45. The predicted molar refractivity (Wildman–Crippen MR) is 56.5 cm³/mol. The first-order valence-corrected chi connectivity index (χ1v) is 4.55. The Balaban J connectivity index is 2.54. The highest BCUT2D eigenvalue weighted by molar-refractivity contribution is 6.30. The number of halogens is 1. The average Bonchev–Trinajstić information content (AvgIpc) is 2.26. The van der Waals surface area contributed by atoms with E-state index in [2.05, 4.69) is 16.2 Å². The summed E-state index contributed by atoms with van der Waals surface area (Å²) in [6, 6.07) is 5.82. The van der Waals surface area contributed by atoms with Crippen LogP contribution in [0.25, 0.3) is 0 Å². The van der Waals surface area contributed by atoms with E-state index in [4.69, 9.17) is 11.6 Å². The Bertz CT molecular complexity index is 364. The van der Waals surface area contributed by atoms with E-state index < -0.39 is 11.9 Å². The van der Waals surface area contributed by atoms with Gasteiger partial charge >= 0.3 is 6.03 Å². The van der Waals surface area contributed by atoms with E-state index >= 15 is 0 Å². The molecule has 0 heterocycles. The van der Waals surface area contributed by atoms with Crippen LogP contribution >= 0.6 is 11.6 Å². The Morgan fingerprint density at radius 2 is 1.73 bits per heavy atom. The monoisotopic (exact) mass is 227 g/mol. The van der Waals surface area contributed by atoms with Crippen molar-refractivity contribution in [1.82, 2.24) is 16.2 Å². The molecular formula is C9H10ClN3O2. The molecule has 6 heteroatoms. The van der Waals surface area contributed by atoms with Crippen LogP contribution < -0.4 is 16.2 Å². The third-order valence-corrected chi connectivity index (χ3v) is 1.88. The molecule has 0 spiro atoms. The zero-order valence-corrected chi connectivity index (χ0v) is 8.76. The minimum atomic E-state index is -0.489. The quantitative estimate of drug-likeness (QED) is 0.625. The van der Waals surface area contributed by atoms with Gasteiger partial charge in [0.05, 0.1) is 0 Å². The van der Waals surface area contributed by atoms with Gasteiger partial charge in [-0.3, -0.25) is 10.2 Å². The fraction of sp³-hybridized carbons (Fsp3) is 0.111. The molecule has 1 aromatic rings. The third kappa shape index (κ3) is 3.47. The highest BCUT2D eigenvalue weighted by Gasteiger charge is 2.05. The summed E-state index contributed by atoms with van der Waals surface area (Å²) in [5, 5.41) is 2.84. The van der Waals surface area contributed by atoms with Crippen LogP contribution in [0.3, 0.4) is 0 Å². The number of benzene rings is 1. The standard InChI is InChI=1S/C9H10ClN3O2/c1-11-9(15)13-12-8(14)6-2-4-7(10)5-3-6/h2-5H,1H3,(H,12,14)(H2,11,13,15). The van der Waals surface area contributed by atoms with E-state index in [1.165, 1.54) is 7.05 Å². The van der Waals surface area contributed by atoms with Crippen LogP contribution in [0.2, 0.25) is 5.02 Å². The summed E-state index contributed by atoms with van der Waals surface area (Å²) in [5.41, 5.74) is 4.80. The second-order valence-corrected chi connectivity index (χ2v) is 3.10. The number of urea groups is 1. The lowest BCUT2D eigenvalue weighted by atomic mass is 10.2. The summed E-state index contributed by atoms with van der Waals surface area (Å²) >= 11 is 5.65. The number of hydrazine groups is 1. The molecule has 3 amide bonds. The highest BCUT2D eigenvalue weighted by Crippen LogP contribution is 2.08. The Morgan fingerprint density at radius 1 is 1.13 bits per heavy atom. The van der Waals surface area contributed by atoms with Gasteiger partial charge in [0.2, 0.25) is 0 Å². The molecule has 0 aliphatic carbocycles. The van der Waals surface area contributed by atoms with Crippen molar-refractivity contribution in [3.8, 4) is 0 Å². The normalized spacial score (nSPS) is 9.20. The van der Waals surface area contributed by atoms with Crippen LogP contribution in [-0.4, -0.2) is 19.0 Å². The van der Waals surface area contributed by atoms with E-state index in [0.29, 0.717) is 10.6 Å². The number of rotatable bonds is 1. The Labute approximate surface area is 91.8 Å². The fourth-order valence-electron chi connectivity index (χ4n) is 0.849. The van der Waals surface area contributed by atoms with Crippen molar-refractivity contribution in [2.24, 2.45) is 0 Å².